The van der Waals surface area contributed by atoms with Crippen LogP contribution in [0.15, 0.2) is 41.1 Å². The van der Waals surface area contributed by atoms with E-state index in [0.29, 0.717) is 5.69 Å². The number of alkyl halides is 2. The molecule has 2 rings (SSSR count). The Balaban J connectivity index is 1.91. The van der Waals surface area contributed by atoms with Gasteiger partial charge in [-0.05, 0) is 17.7 Å². The van der Waals surface area contributed by atoms with Crippen LogP contribution in [-0.2, 0) is 17.8 Å². The number of benzene rings is 1. The van der Waals surface area contributed by atoms with Gasteiger partial charge in [-0.2, -0.15) is 5.10 Å². The smallest absolute Gasteiger partial charge is 0.257 e. The summed E-state index contributed by atoms with van der Waals surface area (Å²) in [4.78, 5) is 11.8. The normalized spacial score (nSPS) is 10.8. The summed E-state index contributed by atoms with van der Waals surface area (Å²) in [5.74, 6) is -0.219. The number of halogens is 3. The van der Waals surface area contributed by atoms with Gasteiger partial charge in [0.15, 0.2) is 0 Å². The molecule has 0 aliphatic rings. The molecule has 0 aliphatic heterocycles. The third-order valence-electron chi connectivity index (χ3n) is 2.52. The van der Waals surface area contributed by atoms with Gasteiger partial charge in [0.25, 0.3) is 6.43 Å². The van der Waals surface area contributed by atoms with Crippen molar-refractivity contribution >= 4 is 27.5 Å². The molecule has 1 heterocycles. The summed E-state index contributed by atoms with van der Waals surface area (Å²) < 4.78 is 26.4. The molecule has 0 atom stereocenters. The molecule has 1 aromatic carbocycles. The van der Waals surface area contributed by atoms with Gasteiger partial charge in [-0.15, -0.1) is 0 Å². The molecule has 0 radical (unpaired) electrons. The first-order valence-corrected chi connectivity index (χ1v) is 6.67. The number of nitrogens with one attached hydrogen (secondary N) is 1. The van der Waals surface area contributed by atoms with Crippen molar-refractivity contribution in [2.24, 2.45) is 0 Å². The third kappa shape index (κ3) is 4.41. The molecule has 1 N–H and O–H groups in total. The van der Waals surface area contributed by atoms with E-state index >= 15 is 0 Å². The van der Waals surface area contributed by atoms with Crippen LogP contribution < -0.4 is 5.32 Å². The van der Waals surface area contributed by atoms with E-state index in [2.05, 4.69) is 26.3 Å². The first kappa shape index (κ1) is 14.6. The van der Waals surface area contributed by atoms with E-state index in [1.807, 2.05) is 24.3 Å². The van der Waals surface area contributed by atoms with Crippen molar-refractivity contribution in [1.82, 2.24) is 9.78 Å². The summed E-state index contributed by atoms with van der Waals surface area (Å²) in [5, 5.41) is 6.36. The Morgan fingerprint density at radius 1 is 1.35 bits per heavy atom. The lowest BCUT2D eigenvalue weighted by Gasteiger charge is -2.03. The topological polar surface area (TPSA) is 46.9 Å². The predicted octanol–water partition coefficient (Wildman–Crippen LogP) is 3.09. The summed E-state index contributed by atoms with van der Waals surface area (Å²) in [6.07, 6.45) is 0.474. The molecule has 7 heteroatoms. The fraction of sp³-hybridized carbons (Fsp3) is 0.231. The van der Waals surface area contributed by atoms with Gasteiger partial charge in [0.1, 0.15) is 6.54 Å². The lowest BCUT2D eigenvalue weighted by Crippen LogP contribution is -2.14. The Bertz CT molecular complexity index is 584. The molecule has 0 fully saturated rings. The Hall–Kier alpha value is -1.76. The number of carbonyl (C=O) groups excluding carboxylic acids is 1. The second-order valence-electron chi connectivity index (χ2n) is 4.19. The summed E-state index contributed by atoms with van der Waals surface area (Å²) in [6, 6.07) is 7.38. The summed E-state index contributed by atoms with van der Waals surface area (Å²) in [6.45, 7) is -0.484. The van der Waals surface area contributed by atoms with Gasteiger partial charge in [-0.1, -0.05) is 28.1 Å². The van der Waals surface area contributed by atoms with Crippen molar-refractivity contribution in [2.45, 2.75) is 19.4 Å². The zero-order chi connectivity index (χ0) is 14.5. The van der Waals surface area contributed by atoms with Crippen LogP contribution in [0.1, 0.15) is 5.56 Å². The summed E-state index contributed by atoms with van der Waals surface area (Å²) >= 11 is 3.31. The molecule has 20 heavy (non-hydrogen) atoms. The number of hydrogen-bond acceptors (Lipinski definition) is 2. The van der Waals surface area contributed by atoms with Crippen LogP contribution in [-0.4, -0.2) is 22.1 Å². The number of aromatic nitrogens is 2. The van der Waals surface area contributed by atoms with E-state index in [-0.39, 0.29) is 12.3 Å². The minimum Gasteiger partial charge on any atom is -0.323 e. The second-order valence-corrected chi connectivity index (χ2v) is 5.11. The maximum Gasteiger partial charge on any atom is 0.257 e. The maximum absolute atomic E-state index is 12.2. The quantitative estimate of drug-likeness (QED) is 0.906. The van der Waals surface area contributed by atoms with Crippen molar-refractivity contribution in [2.75, 3.05) is 5.32 Å². The summed E-state index contributed by atoms with van der Waals surface area (Å²) in [7, 11) is 0. The average Bonchev–Trinajstić information content (AvgIpc) is 2.78. The van der Waals surface area contributed by atoms with Gasteiger partial charge in [-0.3, -0.25) is 9.48 Å². The Morgan fingerprint density at radius 3 is 2.70 bits per heavy atom. The first-order valence-electron chi connectivity index (χ1n) is 5.88. The van der Waals surface area contributed by atoms with Crippen LogP contribution in [0, 0.1) is 0 Å². The van der Waals surface area contributed by atoms with E-state index in [4.69, 9.17) is 0 Å². The van der Waals surface area contributed by atoms with Gasteiger partial charge >= 0.3 is 0 Å². The highest BCUT2D eigenvalue weighted by Gasteiger charge is 2.08. The van der Waals surface area contributed by atoms with Crippen LogP contribution in [0.2, 0.25) is 0 Å². The molecule has 4 nitrogen and oxygen atoms in total. The van der Waals surface area contributed by atoms with Crippen LogP contribution >= 0.6 is 15.9 Å². The molecule has 0 saturated carbocycles. The molecule has 0 unspecified atom stereocenters. The zero-order valence-electron chi connectivity index (χ0n) is 10.4. The lowest BCUT2D eigenvalue weighted by molar-refractivity contribution is -0.115. The van der Waals surface area contributed by atoms with Crippen LogP contribution in [0.4, 0.5) is 14.5 Å². The Kier molecular flexibility index (Phi) is 4.84. The molecule has 0 aliphatic carbocycles. The minimum absolute atomic E-state index is 0.216. The molecule has 106 valence electrons. The molecule has 0 spiro atoms. The number of hydrogen-bond donors (Lipinski definition) is 1. The highest BCUT2D eigenvalue weighted by molar-refractivity contribution is 9.10. The van der Waals surface area contributed by atoms with E-state index in [0.717, 1.165) is 14.7 Å². The lowest BCUT2D eigenvalue weighted by atomic mass is 10.1. The van der Waals surface area contributed by atoms with Crippen LogP contribution in [0.3, 0.4) is 0 Å². The monoisotopic (exact) mass is 343 g/mol. The largest absolute Gasteiger partial charge is 0.323 e. The van der Waals surface area contributed by atoms with Crippen LogP contribution in [0.5, 0.6) is 0 Å². The molecule has 0 saturated heterocycles. The summed E-state index contributed by atoms with van der Waals surface area (Å²) in [5.41, 5.74) is 1.28. The SMILES string of the molecule is O=C(Cc1ccc(Br)cc1)Nc1cnn(CC(F)F)c1. The predicted molar refractivity (Wildman–Crippen MR) is 74.7 cm³/mol. The van der Waals surface area contributed by atoms with Crippen molar-refractivity contribution in [3.63, 3.8) is 0 Å². The minimum atomic E-state index is -2.47. The number of rotatable bonds is 5. The van der Waals surface area contributed by atoms with E-state index < -0.39 is 13.0 Å². The first-order chi connectivity index (χ1) is 9.52. The highest BCUT2D eigenvalue weighted by Crippen LogP contribution is 2.12. The molecular weight excluding hydrogens is 332 g/mol. The van der Waals surface area contributed by atoms with Crippen molar-refractivity contribution in [3.8, 4) is 0 Å². The molecule has 1 aromatic heterocycles. The third-order valence-corrected chi connectivity index (χ3v) is 3.05. The fourth-order valence-corrected chi connectivity index (χ4v) is 1.93. The maximum atomic E-state index is 12.2. The van der Waals surface area contributed by atoms with Gasteiger partial charge in [0, 0.05) is 10.7 Å². The highest BCUT2D eigenvalue weighted by atomic mass is 79.9. The zero-order valence-corrected chi connectivity index (χ0v) is 12.0. The number of amides is 1. The molecular formula is C13H12BrF2N3O. The standard InChI is InChI=1S/C13H12BrF2N3O/c14-10-3-1-9(2-4-10)5-13(20)18-11-6-17-19(7-11)8-12(15)16/h1-4,6-7,12H,5,8H2,(H,18,20). The van der Waals surface area contributed by atoms with Crippen molar-refractivity contribution < 1.29 is 13.6 Å². The van der Waals surface area contributed by atoms with Gasteiger partial charge in [0.2, 0.25) is 5.91 Å². The van der Waals surface area contributed by atoms with Gasteiger partial charge in [0.05, 0.1) is 18.3 Å². The van der Waals surface area contributed by atoms with E-state index in [1.54, 1.807) is 0 Å². The second kappa shape index (κ2) is 6.60. The Labute approximate surface area is 122 Å². The van der Waals surface area contributed by atoms with Crippen LogP contribution in [0.25, 0.3) is 0 Å². The van der Waals surface area contributed by atoms with Crippen molar-refractivity contribution in [3.05, 3.63) is 46.7 Å². The average molecular weight is 344 g/mol. The van der Waals surface area contributed by atoms with Crippen molar-refractivity contribution in [1.29, 1.82) is 0 Å². The molecule has 2 aromatic rings. The Morgan fingerprint density at radius 2 is 2.05 bits per heavy atom. The van der Waals surface area contributed by atoms with Gasteiger partial charge in [-0.25, -0.2) is 8.78 Å². The molecule has 0 bridgehead atoms. The number of nitrogens with zero attached hydrogens (tertiary/aromatic N) is 2. The number of anilines is 1. The fourth-order valence-electron chi connectivity index (χ4n) is 1.66. The molecule has 1 amide bonds. The van der Waals surface area contributed by atoms with E-state index in [1.165, 1.54) is 12.4 Å². The van der Waals surface area contributed by atoms with E-state index in [9.17, 15) is 13.6 Å². The van der Waals surface area contributed by atoms with Gasteiger partial charge < -0.3 is 5.32 Å². The number of carbonyl (C=O) groups is 1.